The predicted octanol–water partition coefficient (Wildman–Crippen LogP) is 1.51. The largest absolute Gasteiger partial charge is 0.481 e. The second-order valence-corrected chi connectivity index (χ2v) is 6.46. The van der Waals surface area contributed by atoms with Gasteiger partial charge >= 0.3 is 5.97 Å². The van der Waals surface area contributed by atoms with Crippen molar-refractivity contribution in [3.8, 4) is 0 Å². The van der Waals surface area contributed by atoms with Gasteiger partial charge in [0.25, 0.3) is 5.91 Å². The molecule has 2 fully saturated rings. The molecule has 2 N–H and O–H groups in total. The molecule has 1 aromatic heterocycles. The lowest BCUT2D eigenvalue weighted by molar-refractivity contribution is -0.150. The Kier molecular flexibility index (Phi) is 3.95. The summed E-state index contributed by atoms with van der Waals surface area (Å²) < 4.78 is 2.04. The first-order chi connectivity index (χ1) is 10.6. The highest BCUT2D eigenvalue weighted by atomic mass is 16.4. The molecule has 1 aromatic rings. The second-order valence-electron chi connectivity index (χ2n) is 6.46. The van der Waals surface area contributed by atoms with Gasteiger partial charge in [-0.3, -0.25) is 9.59 Å². The highest BCUT2D eigenvalue weighted by Gasteiger charge is 2.46. The van der Waals surface area contributed by atoms with E-state index in [1.807, 2.05) is 16.8 Å². The number of carboxylic acids is 1. The minimum atomic E-state index is -1.21. The van der Waals surface area contributed by atoms with Crippen LogP contribution in [0.4, 0.5) is 0 Å². The van der Waals surface area contributed by atoms with Crippen LogP contribution in [-0.2, 0) is 4.79 Å². The first-order valence-electron chi connectivity index (χ1n) is 7.88. The zero-order valence-corrected chi connectivity index (χ0v) is 12.6. The second kappa shape index (κ2) is 5.76. The summed E-state index contributed by atoms with van der Waals surface area (Å²) in [6.45, 7) is 0.0187. The molecule has 1 saturated carbocycles. The van der Waals surface area contributed by atoms with E-state index in [-0.39, 0.29) is 12.5 Å². The number of aromatic nitrogens is 1. The number of likely N-dealkylation sites (tertiary alicyclic amines) is 1. The normalized spacial score (nSPS) is 25.8. The van der Waals surface area contributed by atoms with Crippen molar-refractivity contribution >= 4 is 11.9 Å². The van der Waals surface area contributed by atoms with Crippen molar-refractivity contribution in [2.75, 3.05) is 19.7 Å². The molecule has 1 aliphatic heterocycles. The summed E-state index contributed by atoms with van der Waals surface area (Å²) in [5, 5.41) is 18.7. The van der Waals surface area contributed by atoms with Gasteiger partial charge in [-0.1, -0.05) is 12.8 Å². The summed E-state index contributed by atoms with van der Waals surface area (Å²) in [7, 11) is 0. The number of carboxylic acid groups (broad SMARTS) is 1. The minimum absolute atomic E-state index is 0.0769. The number of carbonyl (C=O) groups is 2. The van der Waals surface area contributed by atoms with E-state index in [9.17, 15) is 19.8 Å². The molecular weight excluding hydrogens is 284 g/mol. The molecule has 2 heterocycles. The average molecular weight is 306 g/mol. The maximum atomic E-state index is 12.7. The number of aliphatic hydroxyl groups is 1. The molecule has 0 aromatic carbocycles. The Morgan fingerprint density at radius 2 is 2.05 bits per heavy atom. The summed E-state index contributed by atoms with van der Waals surface area (Å²) in [4.78, 5) is 25.7. The zero-order valence-electron chi connectivity index (χ0n) is 12.6. The van der Waals surface area contributed by atoms with Crippen LogP contribution in [0, 0.1) is 5.41 Å². The van der Waals surface area contributed by atoms with Crippen LogP contribution in [0.15, 0.2) is 18.3 Å². The molecule has 1 amide bonds. The van der Waals surface area contributed by atoms with E-state index < -0.39 is 18.0 Å². The van der Waals surface area contributed by atoms with E-state index in [0.717, 1.165) is 12.8 Å². The summed E-state index contributed by atoms with van der Waals surface area (Å²) >= 11 is 0. The van der Waals surface area contributed by atoms with Gasteiger partial charge in [0, 0.05) is 25.3 Å². The number of hydrogen-bond acceptors (Lipinski definition) is 3. The van der Waals surface area contributed by atoms with Gasteiger partial charge in [0.15, 0.2) is 0 Å². The molecule has 0 radical (unpaired) electrons. The summed E-state index contributed by atoms with van der Waals surface area (Å²) in [6.07, 6.45) is 6.79. The third-order valence-electron chi connectivity index (χ3n) is 5.11. The topological polar surface area (TPSA) is 82.8 Å². The Labute approximate surface area is 129 Å². The Morgan fingerprint density at radius 3 is 2.64 bits per heavy atom. The predicted molar refractivity (Wildman–Crippen MR) is 79.6 cm³/mol. The SMILES string of the molecule is O=C(c1cccn1C1CCCC1)N1CCC(CO)(C(=O)O)C1. The number of nitrogens with zero attached hydrogens (tertiary/aromatic N) is 2. The Hall–Kier alpha value is -1.82. The first-order valence-corrected chi connectivity index (χ1v) is 7.88. The zero-order chi connectivity index (χ0) is 15.7. The summed E-state index contributed by atoms with van der Waals surface area (Å²) in [5.41, 5.74) is -0.577. The lowest BCUT2D eigenvalue weighted by Crippen LogP contribution is -2.40. The quantitative estimate of drug-likeness (QED) is 0.883. The van der Waals surface area contributed by atoms with Crippen LogP contribution in [-0.4, -0.2) is 51.3 Å². The molecule has 120 valence electrons. The first kappa shape index (κ1) is 15.1. The lowest BCUT2D eigenvalue weighted by atomic mass is 9.88. The maximum absolute atomic E-state index is 12.7. The van der Waals surface area contributed by atoms with Crippen LogP contribution in [0.2, 0.25) is 0 Å². The van der Waals surface area contributed by atoms with Gasteiger partial charge in [-0.15, -0.1) is 0 Å². The molecule has 2 aliphatic rings. The monoisotopic (exact) mass is 306 g/mol. The van der Waals surface area contributed by atoms with Crippen LogP contribution in [0.5, 0.6) is 0 Å². The summed E-state index contributed by atoms with van der Waals surface area (Å²) in [6, 6.07) is 4.05. The third-order valence-corrected chi connectivity index (χ3v) is 5.11. The molecule has 3 rings (SSSR count). The molecule has 1 saturated heterocycles. The molecule has 1 atom stereocenters. The van der Waals surface area contributed by atoms with E-state index in [1.165, 1.54) is 12.8 Å². The van der Waals surface area contributed by atoms with Crippen LogP contribution in [0.25, 0.3) is 0 Å². The Morgan fingerprint density at radius 1 is 1.32 bits per heavy atom. The number of amides is 1. The fourth-order valence-electron chi connectivity index (χ4n) is 3.65. The van der Waals surface area contributed by atoms with E-state index in [0.29, 0.717) is 24.7 Å². The number of hydrogen-bond donors (Lipinski definition) is 2. The van der Waals surface area contributed by atoms with Crippen LogP contribution < -0.4 is 0 Å². The summed E-state index contributed by atoms with van der Waals surface area (Å²) in [5.74, 6) is -1.16. The molecule has 1 aliphatic carbocycles. The van der Waals surface area contributed by atoms with Gasteiger partial charge in [-0.25, -0.2) is 0 Å². The van der Waals surface area contributed by atoms with Crippen LogP contribution >= 0.6 is 0 Å². The van der Waals surface area contributed by atoms with Gasteiger partial charge < -0.3 is 19.7 Å². The Balaban J connectivity index is 1.78. The molecular formula is C16H22N2O4. The van der Waals surface area contributed by atoms with Gasteiger partial charge in [0.1, 0.15) is 11.1 Å². The van der Waals surface area contributed by atoms with Crippen LogP contribution in [0.3, 0.4) is 0 Å². The van der Waals surface area contributed by atoms with E-state index >= 15 is 0 Å². The fraction of sp³-hybridized carbons (Fsp3) is 0.625. The van der Waals surface area contributed by atoms with Gasteiger partial charge in [-0.05, 0) is 31.4 Å². The lowest BCUT2D eigenvalue weighted by Gasteiger charge is -2.23. The average Bonchev–Trinajstić information content (AvgIpc) is 3.24. The molecule has 0 spiro atoms. The number of aliphatic carboxylic acids is 1. The molecule has 6 nitrogen and oxygen atoms in total. The smallest absolute Gasteiger partial charge is 0.313 e. The third kappa shape index (κ3) is 2.41. The number of aliphatic hydroxyl groups excluding tert-OH is 1. The maximum Gasteiger partial charge on any atom is 0.313 e. The van der Waals surface area contributed by atoms with E-state index in [2.05, 4.69) is 0 Å². The van der Waals surface area contributed by atoms with Crippen molar-refractivity contribution in [3.05, 3.63) is 24.0 Å². The highest BCUT2D eigenvalue weighted by Crippen LogP contribution is 2.34. The minimum Gasteiger partial charge on any atom is -0.481 e. The Bertz CT molecular complexity index is 576. The van der Waals surface area contributed by atoms with Crippen molar-refractivity contribution in [2.45, 2.75) is 38.1 Å². The van der Waals surface area contributed by atoms with Gasteiger partial charge in [0.2, 0.25) is 0 Å². The molecule has 22 heavy (non-hydrogen) atoms. The van der Waals surface area contributed by atoms with Crippen LogP contribution in [0.1, 0.15) is 48.6 Å². The van der Waals surface area contributed by atoms with Crippen molar-refractivity contribution < 1.29 is 19.8 Å². The molecule has 6 heteroatoms. The van der Waals surface area contributed by atoms with E-state index in [4.69, 9.17) is 0 Å². The van der Waals surface area contributed by atoms with Crippen molar-refractivity contribution in [2.24, 2.45) is 5.41 Å². The highest BCUT2D eigenvalue weighted by molar-refractivity contribution is 5.93. The van der Waals surface area contributed by atoms with Gasteiger partial charge in [-0.2, -0.15) is 0 Å². The number of carbonyl (C=O) groups excluding carboxylic acids is 1. The van der Waals surface area contributed by atoms with Gasteiger partial charge in [0.05, 0.1) is 6.61 Å². The van der Waals surface area contributed by atoms with Crippen molar-refractivity contribution in [3.63, 3.8) is 0 Å². The molecule has 0 bridgehead atoms. The van der Waals surface area contributed by atoms with Crippen molar-refractivity contribution in [1.29, 1.82) is 0 Å². The standard InChI is InChI=1S/C16H22N2O4/c19-11-16(15(21)22)7-9-17(10-16)14(20)13-6-3-8-18(13)12-4-1-2-5-12/h3,6,8,12,19H,1-2,4-5,7,9-11H2,(H,21,22). The van der Waals surface area contributed by atoms with Crippen molar-refractivity contribution in [1.82, 2.24) is 9.47 Å². The molecule has 1 unspecified atom stereocenters. The fourth-order valence-corrected chi connectivity index (χ4v) is 3.65. The van der Waals surface area contributed by atoms with E-state index in [1.54, 1.807) is 11.0 Å². The number of rotatable bonds is 4.